The summed E-state index contributed by atoms with van der Waals surface area (Å²) in [4.78, 5) is 8.58. The molecule has 0 spiro atoms. The summed E-state index contributed by atoms with van der Waals surface area (Å²) in [6.45, 7) is 0.316. The van der Waals surface area contributed by atoms with E-state index in [1.807, 2.05) is 17.5 Å². The summed E-state index contributed by atoms with van der Waals surface area (Å²) < 4.78 is 25.8. The zero-order chi connectivity index (χ0) is 13.9. The zero-order valence-electron chi connectivity index (χ0n) is 10.1. The van der Waals surface area contributed by atoms with Gasteiger partial charge in [-0.25, -0.2) is 24.2 Å². The maximum Gasteiger partial charge on any atom is 0.246 e. The molecule has 0 bridgehead atoms. The van der Waals surface area contributed by atoms with Gasteiger partial charge in [0.25, 0.3) is 0 Å². The minimum absolute atomic E-state index is 0.0329. The smallest absolute Gasteiger partial charge is 0.246 e. The van der Waals surface area contributed by atoms with E-state index in [9.17, 15) is 8.42 Å². The molecule has 2 heterocycles. The lowest BCUT2D eigenvalue weighted by Gasteiger charge is -2.15. The number of hydrogen-bond acceptors (Lipinski definition) is 7. The number of hydrazine groups is 1. The van der Waals surface area contributed by atoms with Crippen molar-refractivity contribution in [2.75, 3.05) is 12.5 Å². The summed E-state index contributed by atoms with van der Waals surface area (Å²) >= 11 is 1.50. The molecule has 0 fully saturated rings. The van der Waals surface area contributed by atoms with Crippen LogP contribution in [0.25, 0.3) is 0 Å². The Bertz CT molecular complexity index is 624. The number of aromatic nitrogens is 2. The van der Waals surface area contributed by atoms with E-state index in [1.165, 1.54) is 35.1 Å². The van der Waals surface area contributed by atoms with Gasteiger partial charge in [0, 0.05) is 18.5 Å². The van der Waals surface area contributed by atoms with Crippen molar-refractivity contribution in [3.8, 4) is 0 Å². The van der Waals surface area contributed by atoms with E-state index in [0.717, 1.165) is 4.88 Å². The average molecular weight is 299 g/mol. The van der Waals surface area contributed by atoms with Crippen molar-refractivity contribution in [3.05, 3.63) is 34.8 Å². The van der Waals surface area contributed by atoms with Gasteiger partial charge in [0.15, 0.2) is 0 Å². The second-order valence-electron chi connectivity index (χ2n) is 3.73. The van der Waals surface area contributed by atoms with E-state index < -0.39 is 10.0 Å². The Hall–Kier alpha value is -1.55. The second kappa shape index (κ2) is 5.61. The molecule has 0 atom stereocenters. The Morgan fingerprint density at radius 2 is 2.11 bits per heavy atom. The molecular weight excluding hydrogens is 286 g/mol. The van der Waals surface area contributed by atoms with E-state index in [2.05, 4.69) is 15.4 Å². The first-order chi connectivity index (χ1) is 9.04. The standard InChI is InChI=1S/C10H13N5O2S2/c1-15(7-8-3-2-4-18-8)19(16,17)9-5-12-10(14-11)13-6-9/h2-6H,7,11H2,1H3,(H,12,13,14). The number of nitrogens with two attached hydrogens (primary N) is 1. The number of nitrogen functional groups attached to an aromatic ring is 1. The molecule has 2 aromatic rings. The molecule has 0 saturated heterocycles. The van der Waals surface area contributed by atoms with Gasteiger partial charge in [-0.3, -0.25) is 5.43 Å². The summed E-state index contributed by atoms with van der Waals surface area (Å²) in [5.74, 6) is 5.29. The third-order valence-corrected chi connectivity index (χ3v) is 5.04. The Morgan fingerprint density at radius 1 is 1.42 bits per heavy atom. The van der Waals surface area contributed by atoms with Crippen LogP contribution in [0.5, 0.6) is 0 Å². The maximum absolute atomic E-state index is 12.3. The molecule has 102 valence electrons. The Kier molecular flexibility index (Phi) is 4.10. The number of thiophene rings is 1. The van der Waals surface area contributed by atoms with Crippen LogP contribution in [0.4, 0.5) is 5.95 Å². The van der Waals surface area contributed by atoms with E-state index in [1.54, 1.807) is 0 Å². The molecule has 2 aromatic heterocycles. The summed E-state index contributed by atoms with van der Waals surface area (Å²) in [7, 11) is -2.08. The predicted octanol–water partition coefficient (Wildman–Crippen LogP) is 0.644. The Morgan fingerprint density at radius 3 is 2.63 bits per heavy atom. The molecule has 0 radical (unpaired) electrons. The van der Waals surface area contributed by atoms with Crippen LogP contribution < -0.4 is 11.3 Å². The quantitative estimate of drug-likeness (QED) is 0.621. The summed E-state index contributed by atoms with van der Waals surface area (Å²) in [5.41, 5.74) is 2.24. The van der Waals surface area contributed by atoms with Gasteiger partial charge in [0.1, 0.15) is 4.90 Å². The molecule has 3 N–H and O–H groups in total. The first kappa shape index (κ1) is 13.9. The van der Waals surface area contributed by atoms with Gasteiger partial charge in [-0.05, 0) is 11.4 Å². The Labute approximate surface area is 115 Å². The van der Waals surface area contributed by atoms with Crippen LogP contribution in [0.15, 0.2) is 34.8 Å². The van der Waals surface area contributed by atoms with Crippen molar-refractivity contribution in [2.24, 2.45) is 5.84 Å². The van der Waals surface area contributed by atoms with Gasteiger partial charge in [0.2, 0.25) is 16.0 Å². The predicted molar refractivity (Wildman–Crippen MR) is 72.8 cm³/mol. The minimum Gasteiger partial charge on any atom is -0.292 e. The van der Waals surface area contributed by atoms with Crippen LogP contribution in [0.1, 0.15) is 4.88 Å². The number of sulfonamides is 1. The zero-order valence-corrected chi connectivity index (χ0v) is 11.8. The average Bonchev–Trinajstić information content (AvgIpc) is 2.91. The van der Waals surface area contributed by atoms with E-state index in [4.69, 9.17) is 5.84 Å². The first-order valence-electron chi connectivity index (χ1n) is 5.31. The third kappa shape index (κ3) is 3.07. The van der Waals surface area contributed by atoms with Gasteiger partial charge < -0.3 is 0 Å². The lowest BCUT2D eigenvalue weighted by molar-refractivity contribution is 0.469. The van der Waals surface area contributed by atoms with Crippen LogP contribution in [-0.4, -0.2) is 29.7 Å². The van der Waals surface area contributed by atoms with E-state index >= 15 is 0 Å². The Balaban J connectivity index is 2.20. The molecule has 0 amide bonds. The highest BCUT2D eigenvalue weighted by atomic mass is 32.2. The van der Waals surface area contributed by atoms with Gasteiger partial charge in [0.05, 0.1) is 12.4 Å². The first-order valence-corrected chi connectivity index (χ1v) is 7.63. The molecule has 7 nitrogen and oxygen atoms in total. The highest BCUT2D eigenvalue weighted by Crippen LogP contribution is 2.18. The topological polar surface area (TPSA) is 101 Å². The lowest BCUT2D eigenvalue weighted by atomic mass is 10.5. The number of rotatable bonds is 5. The van der Waals surface area contributed by atoms with Crippen LogP contribution >= 0.6 is 11.3 Å². The fraction of sp³-hybridized carbons (Fsp3) is 0.200. The van der Waals surface area contributed by atoms with E-state index in [-0.39, 0.29) is 10.8 Å². The molecule has 0 saturated carbocycles. The SMILES string of the molecule is CN(Cc1cccs1)S(=O)(=O)c1cnc(NN)nc1. The van der Waals surface area contributed by atoms with Gasteiger partial charge in [-0.1, -0.05) is 6.07 Å². The molecule has 9 heteroatoms. The van der Waals surface area contributed by atoms with Crippen LogP contribution in [0, 0.1) is 0 Å². The van der Waals surface area contributed by atoms with Gasteiger partial charge in [-0.15, -0.1) is 11.3 Å². The van der Waals surface area contributed by atoms with Crippen molar-refractivity contribution >= 4 is 27.3 Å². The van der Waals surface area contributed by atoms with Crippen LogP contribution in [-0.2, 0) is 16.6 Å². The van der Waals surface area contributed by atoms with Crippen molar-refractivity contribution in [1.82, 2.24) is 14.3 Å². The third-order valence-electron chi connectivity index (χ3n) is 2.42. The molecule has 0 unspecified atom stereocenters. The number of anilines is 1. The summed E-state index contributed by atoms with van der Waals surface area (Å²) in [6.07, 6.45) is 2.45. The normalized spacial score (nSPS) is 11.7. The molecule has 0 aliphatic rings. The number of nitrogens with zero attached hydrogens (tertiary/aromatic N) is 3. The number of nitrogens with one attached hydrogen (secondary N) is 1. The summed E-state index contributed by atoms with van der Waals surface area (Å²) in [6, 6.07) is 3.76. The van der Waals surface area contributed by atoms with Gasteiger partial charge in [-0.2, -0.15) is 4.31 Å². The molecule has 19 heavy (non-hydrogen) atoms. The summed E-state index contributed by atoms with van der Waals surface area (Å²) in [5, 5.41) is 1.90. The molecule has 2 rings (SSSR count). The van der Waals surface area contributed by atoms with Crippen molar-refractivity contribution in [3.63, 3.8) is 0 Å². The molecule has 0 aliphatic carbocycles. The van der Waals surface area contributed by atoms with Crippen molar-refractivity contribution in [2.45, 2.75) is 11.4 Å². The fourth-order valence-corrected chi connectivity index (χ4v) is 3.29. The van der Waals surface area contributed by atoms with Gasteiger partial charge >= 0.3 is 0 Å². The molecular formula is C10H13N5O2S2. The highest BCUT2D eigenvalue weighted by Gasteiger charge is 2.22. The second-order valence-corrected chi connectivity index (χ2v) is 6.80. The van der Waals surface area contributed by atoms with E-state index in [0.29, 0.717) is 6.54 Å². The maximum atomic E-state index is 12.3. The largest absolute Gasteiger partial charge is 0.292 e. The monoisotopic (exact) mass is 299 g/mol. The molecule has 0 aliphatic heterocycles. The molecule has 0 aromatic carbocycles. The highest BCUT2D eigenvalue weighted by molar-refractivity contribution is 7.89. The fourth-order valence-electron chi connectivity index (χ4n) is 1.41. The van der Waals surface area contributed by atoms with Crippen LogP contribution in [0.2, 0.25) is 0 Å². The van der Waals surface area contributed by atoms with Crippen molar-refractivity contribution < 1.29 is 8.42 Å². The van der Waals surface area contributed by atoms with Crippen LogP contribution in [0.3, 0.4) is 0 Å². The number of hydrogen-bond donors (Lipinski definition) is 2. The minimum atomic E-state index is -3.59. The lowest BCUT2D eigenvalue weighted by Crippen LogP contribution is -2.26. The van der Waals surface area contributed by atoms with Crippen molar-refractivity contribution in [1.29, 1.82) is 0 Å².